The van der Waals surface area contributed by atoms with Crippen LogP contribution in [0.1, 0.15) is 19.8 Å². The van der Waals surface area contributed by atoms with Gasteiger partial charge in [-0.25, -0.2) is 0 Å². The number of hydrogen-bond donors (Lipinski definition) is 0. The fourth-order valence-electron chi connectivity index (χ4n) is 1.18. The summed E-state index contributed by atoms with van der Waals surface area (Å²) in [5.74, 6) is 0.139. The highest BCUT2D eigenvalue weighted by Gasteiger charge is 2.25. The van der Waals surface area contributed by atoms with Crippen molar-refractivity contribution in [3.05, 3.63) is 24.3 Å². The van der Waals surface area contributed by atoms with Gasteiger partial charge in [-0.15, -0.1) is 11.6 Å². The lowest BCUT2D eigenvalue weighted by Gasteiger charge is -2.21. The summed E-state index contributed by atoms with van der Waals surface area (Å²) in [7, 11) is 0. The molecule has 1 aliphatic rings. The van der Waals surface area contributed by atoms with E-state index in [1.54, 1.807) is 6.92 Å². The molecule has 1 unspecified atom stereocenters. The molecule has 60 valence electrons. The highest BCUT2D eigenvalue weighted by molar-refractivity contribution is 6.26. The quantitative estimate of drug-likeness (QED) is 0.582. The zero-order chi connectivity index (χ0) is 8.32. The largest absolute Gasteiger partial charge is 0.300 e. The number of carbonyl (C=O) groups excluding carboxylic acids is 1. The van der Waals surface area contributed by atoms with Gasteiger partial charge in [0.15, 0.2) is 0 Å². The molecule has 0 bridgehead atoms. The van der Waals surface area contributed by atoms with Crippen LogP contribution in [0, 0.1) is 0 Å². The first-order valence-corrected chi connectivity index (χ1v) is 4.03. The third-order valence-electron chi connectivity index (χ3n) is 1.64. The number of carbonyl (C=O) groups is 1. The smallest absolute Gasteiger partial charge is 0.131 e. The molecular formula is C9H11ClO. The van der Waals surface area contributed by atoms with Gasteiger partial charge in [-0.05, 0) is 13.3 Å². The minimum absolute atomic E-state index is 0.139. The molecule has 0 aromatic heterocycles. The van der Waals surface area contributed by atoms with Crippen molar-refractivity contribution in [2.75, 3.05) is 0 Å². The topological polar surface area (TPSA) is 17.1 Å². The Morgan fingerprint density at radius 1 is 1.64 bits per heavy atom. The van der Waals surface area contributed by atoms with Gasteiger partial charge in [0.05, 0.1) is 4.87 Å². The third-order valence-corrected chi connectivity index (χ3v) is 2.06. The Balaban J connectivity index is 2.61. The van der Waals surface area contributed by atoms with Crippen LogP contribution < -0.4 is 0 Å². The number of halogens is 1. The lowest BCUT2D eigenvalue weighted by Crippen LogP contribution is -2.21. The molecule has 0 N–H and O–H groups in total. The van der Waals surface area contributed by atoms with E-state index in [-0.39, 0.29) is 5.78 Å². The Hall–Kier alpha value is -0.560. The normalized spacial score (nSPS) is 28.9. The Morgan fingerprint density at radius 2 is 2.36 bits per heavy atom. The Labute approximate surface area is 71.7 Å². The lowest BCUT2D eigenvalue weighted by atomic mass is 9.94. The number of alkyl halides is 1. The molecule has 11 heavy (non-hydrogen) atoms. The molecule has 1 rings (SSSR count). The van der Waals surface area contributed by atoms with Crippen molar-refractivity contribution < 1.29 is 4.79 Å². The van der Waals surface area contributed by atoms with Gasteiger partial charge >= 0.3 is 0 Å². The predicted molar refractivity (Wildman–Crippen MR) is 46.8 cm³/mol. The fourth-order valence-corrected chi connectivity index (χ4v) is 1.53. The molecule has 1 aliphatic carbocycles. The summed E-state index contributed by atoms with van der Waals surface area (Å²) in [4.78, 5) is 10.3. The number of Topliss-reactive ketones (excluding diaryl/α,β-unsaturated/α-hetero) is 1. The van der Waals surface area contributed by atoms with Crippen LogP contribution >= 0.6 is 11.6 Å². The summed E-state index contributed by atoms with van der Waals surface area (Å²) in [6, 6.07) is 0. The summed E-state index contributed by atoms with van der Waals surface area (Å²) < 4.78 is 0. The predicted octanol–water partition coefficient (Wildman–Crippen LogP) is 2.46. The van der Waals surface area contributed by atoms with E-state index >= 15 is 0 Å². The van der Waals surface area contributed by atoms with Crippen molar-refractivity contribution in [1.82, 2.24) is 0 Å². The van der Waals surface area contributed by atoms with Gasteiger partial charge < -0.3 is 0 Å². The first kappa shape index (κ1) is 8.54. The van der Waals surface area contributed by atoms with Crippen molar-refractivity contribution in [3.63, 3.8) is 0 Å². The minimum atomic E-state index is -0.444. The van der Waals surface area contributed by atoms with Gasteiger partial charge in [0.2, 0.25) is 0 Å². The first-order valence-electron chi connectivity index (χ1n) is 3.65. The van der Waals surface area contributed by atoms with E-state index in [1.165, 1.54) is 0 Å². The van der Waals surface area contributed by atoms with Crippen LogP contribution in [0.3, 0.4) is 0 Å². The number of rotatable bonds is 2. The minimum Gasteiger partial charge on any atom is -0.300 e. The number of allylic oxidation sites excluding steroid dienone is 4. The van der Waals surface area contributed by atoms with Crippen molar-refractivity contribution in [2.45, 2.75) is 24.6 Å². The molecule has 0 saturated carbocycles. The molecular weight excluding hydrogens is 160 g/mol. The Morgan fingerprint density at radius 3 is 2.82 bits per heavy atom. The van der Waals surface area contributed by atoms with Crippen molar-refractivity contribution >= 4 is 17.4 Å². The van der Waals surface area contributed by atoms with Crippen LogP contribution in [0.15, 0.2) is 24.3 Å². The van der Waals surface area contributed by atoms with E-state index in [2.05, 4.69) is 0 Å². The van der Waals surface area contributed by atoms with E-state index in [0.717, 1.165) is 6.42 Å². The molecule has 1 nitrogen and oxygen atoms in total. The second-order valence-corrected chi connectivity index (χ2v) is 3.66. The molecule has 0 aliphatic heterocycles. The summed E-state index contributed by atoms with van der Waals surface area (Å²) in [5, 5.41) is 0. The fraction of sp³-hybridized carbons (Fsp3) is 0.444. The Kier molecular flexibility index (Phi) is 2.50. The third kappa shape index (κ3) is 2.51. The number of ketones is 1. The molecule has 0 aromatic rings. The van der Waals surface area contributed by atoms with Gasteiger partial charge in [0.25, 0.3) is 0 Å². The van der Waals surface area contributed by atoms with Crippen molar-refractivity contribution in [3.8, 4) is 0 Å². The van der Waals surface area contributed by atoms with Gasteiger partial charge in [0, 0.05) is 6.42 Å². The van der Waals surface area contributed by atoms with E-state index < -0.39 is 4.87 Å². The summed E-state index contributed by atoms with van der Waals surface area (Å²) in [6.07, 6.45) is 8.88. The molecule has 0 heterocycles. The van der Waals surface area contributed by atoms with Crippen molar-refractivity contribution in [1.29, 1.82) is 0 Å². The standard InChI is InChI=1S/C9H11ClO/c1-8(11)7-9(10)5-3-2-4-6-9/h2-5H,6-7H2,1H3. The van der Waals surface area contributed by atoms with Gasteiger partial charge in [-0.1, -0.05) is 24.3 Å². The molecule has 1 atom stereocenters. The Bertz CT molecular complexity index is 218. The van der Waals surface area contributed by atoms with E-state index in [4.69, 9.17) is 11.6 Å². The van der Waals surface area contributed by atoms with Gasteiger partial charge in [-0.2, -0.15) is 0 Å². The highest BCUT2D eigenvalue weighted by atomic mass is 35.5. The molecule has 0 radical (unpaired) electrons. The van der Waals surface area contributed by atoms with Crippen LogP contribution in [-0.4, -0.2) is 10.7 Å². The van der Waals surface area contributed by atoms with Crippen molar-refractivity contribution in [2.24, 2.45) is 0 Å². The van der Waals surface area contributed by atoms with E-state index in [0.29, 0.717) is 6.42 Å². The van der Waals surface area contributed by atoms with Crippen LogP contribution in [0.25, 0.3) is 0 Å². The number of hydrogen-bond acceptors (Lipinski definition) is 1. The van der Waals surface area contributed by atoms with Gasteiger partial charge in [-0.3, -0.25) is 4.79 Å². The van der Waals surface area contributed by atoms with Crippen LogP contribution in [0.4, 0.5) is 0 Å². The summed E-state index contributed by atoms with van der Waals surface area (Å²) in [6.45, 7) is 1.57. The molecule has 0 aromatic carbocycles. The maximum absolute atomic E-state index is 10.8. The average Bonchev–Trinajstić information content (AvgIpc) is 1.85. The highest BCUT2D eigenvalue weighted by Crippen LogP contribution is 2.29. The van der Waals surface area contributed by atoms with Crippen LogP contribution in [0.5, 0.6) is 0 Å². The second-order valence-electron chi connectivity index (χ2n) is 2.90. The molecule has 0 saturated heterocycles. The van der Waals surface area contributed by atoms with E-state index in [9.17, 15) is 4.79 Å². The maximum atomic E-state index is 10.8. The van der Waals surface area contributed by atoms with E-state index in [1.807, 2.05) is 24.3 Å². The maximum Gasteiger partial charge on any atom is 0.131 e. The second kappa shape index (κ2) is 3.22. The lowest BCUT2D eigenvalue weighted by molar-refractivity contribution is -0.117. The molecule has 0 spiro atoms. The van der Waals surface area contributed by atoms with Crippen LogP contribution in [-0.2, 0) is 4.79 Å². The SMILES string of the molecule is CC(=O)CC1(Cl)C=CC=CC1. The summed E-state index contributed by atoms with van der Waals surface area (Å²) in [5.41, 5.74) is 0. The molecule has 0 fully saturated rings. The average molecular weight is 171 g/mol. The zero-order valence-corrected chi connectivity index (χ0v) is 7.27. The summed E-state index contributed by atoms with van der Waals surface area (Å²) >= 11 is 6.11. The molecule has 2 heteroatoms. The monoisotopic (exact) mass is 170 g/mol. The van der Waals surface area contributed by atoms with Crippen LogP contribution in [0.2, 0.25) is 0 Å². The molecule has 0 amide bonds. The first-order chi connectivity index (χ1) is 5.12. The zero-order valence-electron chi connectivity index (χ0n) is 6.51. The van der Waals surface area contributed by atoms with Gasteiger partial charge in [0.1, 0.15) is 5.78 Å².